The summed E-state index contributed by atoms with van der Waals surface area (Å²) < 4.78 is 11.5. The molecule has 2 aromatic carbocycles. The Bertz CT molecular complexity index is 553. The summed E-state index contributed by atoms with van der Waals surface area (Å²) in [7, 11) is 0. The zero-order valence-corrected chi connectivity index (χ0v) is 10.0. The van der Waals surface area contributed by atoms with Crippen LogP contribution in [-0.4, -0.2) is 11.2 Å². The predicted octanol–water partition coefficient (Wildman–Crippen LogP) is 2.69. The maximum absolute atomic E-state index is 10.7. The molecule has 1 heterocycles. The van der Waals surface area contributed by atoms with Crippen molar-refractivity contribution in [3.63, 3.8) is 0 Å². The van der Waals surface area contributed by atoms with Crippen molar-refractivity contribution in [2.45, 2.75) is 18.8 Å². The van der Waals surface area contributed by atoms with E-state index in [0.717, 1.165) is 0 Å². The van der Waals surface area contributed by atoms with Gasteiger partial charge in [0.1, 0.15) is 0 Å². The predicted molar refractivity (Wildman–Crippen MR) is 67.5 cm³/mol. The number of aliphatic hydroxyl groups is 1. The molecule has 0 spiro atoms. The molecule has 1 unspecified atom stereocenters. The largest absolute Gasteiger partial charge is 0.480 e. The highest BCUT2D eigenvalue weighted by Gasteiger charge is 2.44. The molecule has 0 aliphatic carbocycles. The SMILES string of the molecule is CC1Oc2ccccc2O[C@@]1(O)c1ccccc1. The third-order valence-electron chi connectivity index (χ3n) is 3.16. The number of para-hydroxylation sites is 2. The third kappa shape index (κ3) is 1.64. The second kappa shape index (κ2) is 4.03. The van der Waals surface area contributed by atoms with Crippen LogP contribution >= 0.6 is 0 Å². The Hall–Kier alpha value is -2.00. The van der Waals surface area contributed by atoms with E-state index in [1.54, 1.807) is 13.0 Å². The van der Waals surface area contributed by atoms with Gasteiger partial charge in [-0.3, -0.25) is 0 Å². The van der Waals surface area contributed by atoms with E-state index >= 15 is 0 Å². The van der Waals surface area contributed by atoms with Gasteiger partial charge in [0.25, 0.3) is 5.79 Å². The van der Waals surface area contributed by atoms with Crippen LogP contribution in [0.15, 0.2) is 54.6 Å². The van der Waals surface area contributed by atoms with Gasteiger partial charge in [0.05, 0.1) is 0 Å². The normalized spacial score (nSPS) is 25.8. The fourth-order valence-corrected chi connectivity index (χ4v) is 2.12. The van der Waals surface area contributed by atoms with Crippen LogP contribution in [0.25, 0.3) is 0 Å². The zero-order chi connectivity index (χ0) is 12.6. The van der Waals surface area contributed by atoms with Gasteiger partial charge in [0, 0.05) is 5.56 Å². The van der Waals surface area contributed by atoms with E-state index in [-0.39, 0.29) is 0 Å². The fraction of sp³-hybridized carbons (Fsp3) is 0.200. The number of benzene rings is 2. The summed E-state index contributed by atoms with van der Waals surface area (Å²) >= 11 is 0. The first kappa shape index (κ1) is 11.1. The highest BCUT2D eigenvalue weighted by molar-refractivity contribution is 5.42. The van der Waals surface area contributed by atoms with Crippen molar-refractivity contribution in [2.75, 3.05) is 0 Å². The average Bonchev–Trinajstić information content (AvgIpc) is 2.41. The van der Waals surface area contributed by atoms with E-state index in [1.807, 2.05) is 48.5 Å². The Morgan fingerprint density at radius 1 is 0.944 bits per heavy atom. The molecule has 1 N–H and O–H groups in total. The Morgan fingerprint density at radius 3 is 2.28 bits per heavy atom. The summed E-state index contributed by atoms with van der Waals surface area (Å²) in [5, 5.41) is 10.7. The van der Waals surface area contributed by atoms with Gasteiger partial charge in [-0.25, -0.2) is 0 Å². The molecule has 3 nitrogen and oxygen atoms in total. The first-order valence-corrected chi connectivity index (χ1v) is 5.93. The van der Waals surface area contributed by atoms with E-state index in [1.165, 1.54) is 0 Å². The number of rotatable bonds is 1. The topological polar surface area (TPSA) is 38.7 Å². The molecule has 0 fully saturated rings. The minimum absolute atomic E-state index is 0.477. The number of ether oxygens (including phenoxy) is 2. The molecular formula is C15H14O3. The molecule has 0 radical (unpaired) electrons. The van der Waals surface area contributed by atoms with E-state index in [4.69, 9.17) is 9.47 Å². The number of hydrogen-bond donors (Lipinski definition) is 1. The van der Waals surface area contributed by atoms with Gasteiger partial charge in [-0.2, -0.15) is 0 Å². The molecule has 3 rings (SSSR count). The second-order valence-electron chi connectivity index (χ2n) is 4.37. The standard InChI is InChI=1S/C15H14O3/c1-11-15(16,12-7-3-2-4-8-12)18-14-10-6-5-9-13(14)17-11/h2-11,16H,1H3/t11?,15-/m1/s1. The maximum atomic E-state index is 10.7. The van der Waals surface area contributed by atoms with E-state index in [0.29, 0.717) is 17.1 Å². The van der Waals surface area contributed by atoms with Crippen molar-refractivity contribution >= 4 is 0 Å². The van der Waals surface area contributed by atoms with Gasteiger partial charge >= 0.3 is 0 Å². The van der Waals surface area contributed by atoms with Crippen LogP contribution < -0.4 is 9.47 Å². The number of hydrogen-bond acceptors (Lipinski definition) is 3. The van der Waals surface area contributed by atoms with E-state index in [2.05, 4.69) is 0 Å². The van der Waals surface area contributed by atoms with Crippen molar-refractivity contribution in [3.8, 4) is 11.5 Å². The minimum atomic E-state index is -1.45. The smallest absolute Gasteiger partial charge is 0.272 e. The van der Waals surface area contributed by atoms with E-state index < -0.39 is 11.9 Å². The summed E-state index contributed by atoms with van der Waals surface area (Å²) in [5.74, 6) is -0.233. The van der Waals surface area contributed by atoms with Crippen LogP contribution in [0.5, 0.6) is 11.5 Å². The van der Waals surface area contributed by atoms with Crippen molar-refractivity contribution in [2.24, 2.45) is 0 Å². The summed E-state index contributed by atoms with van der Waals surface area (Å²) in [6, 6.07) is 16.6. The summed E-state index contributed by atoms with van der Waals surface area (Å²) in [4.78, 5) is 0. The molecule has 1 aliphatic heterocycles. The summed E-state index contributed by atoms with van der Waals surface area (Å²) in [5.41, 5.74) is 0.687. The summed E-state index contributed by atoms with van der Waals surface area (Å²) in [6.45, 7) is 1.79. The molecule has 1 aliphatic rings. The Morgan fingerprint density at radius 2 is 1.56 bits per heavy atom. The van der Waals surface area contributed by atoms with Crippen molar-refractivity contribution in [1.29, 1.82) is 0 Å². The molecule has 3 heteroatoms. The van der Waals surface area contributed by atoms with Gasteiger partial charge in [0.2, 0.25) is 0 Å². The Balaban J connectivity index is 2.05. The molecular weight excluding hydrogens is 228 g/mol. The molecule has 2 aromatic rings. The fourth-order valence-electron chi connectivity index (χ4n) is 2.12. The zero-order valence-electron chi connectivity index (χ0n) is 10.0. The van der Waals surface area contributed by atoms with Crippen molar-refractivity contribution < 1.29 is 14.6 Å². The molecule has 18 heavy (non-hydrogen) atoms. The quantitative estimate of drug-likeness (QED) is 0.835. The molecule has 0 amide bonds. The van der Waals surface area contributed by atoms with Crippen LogP contribution in [0, 0.1) is 0 Å². The van der Waals surface area contributed by atoms with Crippen LogP contribution in [0.4, 0.5) is 0 Å². The first-order valence-electron chi connectivity index (χ1n) is 5.93. The monoisotopic (exact) mass is 242 g/mol. The molecule has 0 saturated carbocycles. The number of fused-ring (bicyclic) bond motifs is 1. The maximum Gasteiger partial charge on any atom is 0.272 e. The van der Waals surface area contributed by atoms with Crippen molar-refractivity contribution in [1.82, 2.24) is 0 Å². The molecule has 0 bridgehead atoms. The van der Waals surface area contributed by atoms with Crippen LogP contribution in [-0.2, 0) is 5.79 Å². The Kier molecular flexibility index (Phi) is 2.49. The lowest BCUT2D eigenvalue weighted by Gasteiger charge is -2.39. The van der Waals surface area contributed by atoms with Crippen molar-refractivity contribution in [3.05, 3.63) is 60.2 Å². The van der Waals surface area contributed by atoms with Crippen LogP contribution in [0.2, 0.25) is 0 Å². The van der Waals surface area contributed by atoms with E-state index in [9.17, 15) is 5.11 Å². The average molecular weight is 242 g/mol. The lowest BCUT2D eigenvalue weighted by molar-refractivity contribution is -0.216. The molecule has 92 valence electrons. The molecule has 0 aromatic heterocycles. The van der Waals surface area contributed by atoms with Gasteiger partial charge in [-0.15, -0.1) is 0 Å². The van der Waals surface area contributed by atoms with Gasteiger partial charge in [-0.1, -0.05) is 42.5 Å². The molecule has 0 saturated heterocycles. The third-order valence-corrected chi connectivity index (χ3v) is 3.16. The summed E-state index contributed by atoms with van der Waals surface area (Å²) in [6.07, 6.45) is -0.477. The molecule has 2 atom stereocenters. The lowest BCUT2D eigenvalue weighted by atomic mass is 9.99. The highest BCUT2D eigenvalue weighted by atomic mass is 16.7. The van der Waals surface area contributed by atoms with Crippen LogP contribution in [0.1, 0.15) is 12.5 Å². The van der Waals surface area contributed by atoms with Gasteiger partial charge < -0.3 is 14.6 Å². The lowest BCUT2D eigenvalue weighted by Crippen LogP contribution is -2.48. The highest BCUT2D eigenvalue weighted by Crippen LogP contribution is 2.41. The second-order valence-corrected chi connectivity index (χ2v) is 4.37. The van der Waals surface area contributed by atoms with Gasteiger partial charge in [-0.05, 0) is 19.1 Å². The first-order chi connectivity index (χ1) is 8.70. The Labute approximate surface area is 106 Å². The van der Waals surface area contributed by atoms with Gasteiger partial charge in [0.15, 0.2) is 17.6 Å². The van der Waals surface area contributed by atoms with Crippen LogP contribution in [0.3, 0.4) is 0 Å². The minimum Gasteiger partial charge on any atom is -0.480 e.